The van der Waals surface area contributed by atoms with Crippen molar-refractivity contribution in [3.63, 3.8) is 0 Å². The molecular formula is C7H5Cl2F2NO3S. The first kappa shape index (κ1) is 13.4. The molecule has 0 spiro atoms. The smallest absolute Gasteiger partial charge is 0.284 e. The molecule has 0 N–H and O–H groups in total. The zero-order chi connectivity index (χ0) is 12.5. The van der Waals surface area contributed by atoms with Crippen LogP contribution in [0.4, 0.5) is 8.78 Å². The average Bonchev–Trinajstić information content (AvgIpc) is 2.14. The summed E-state index contributed by atoms with van der Waals surface area (Å²) in [6.07, 6.45) is -3.02. The molecule has 0 saturated carbocycles. The number of alkyl halides is 2. The van der Waals surface area contributed by atoms with E-state index in [1.807, 2.05) is 0 Å². The molecule has 16 heavy (non-hydrogen) atoms. The van der Waals surface area contributed by atoms with Gasteiger partial charge in [-0.15, -0.1) is 0 Å². The van der Waals surface area contributed by atoms with Crippen molar-refractivity contribution >= 4 is 31.3 Å². The molecule has 0 amide bonds. The predicted molar refractivity (Wildman–Crippen MR) is 53.8 cm³/mol. The van der Waals surface area contributed by atoms with E-state index in [9.17, 15) is 17.2 Å². The molecule has 1 rings (SSSR count). The third kappa shape index (κ3) is 2.72. The maximum atomic E-state index is 12.5. The minimum Gasteiger partial charge on any atom is -0.493 e. The van der Waals surface area contributed by atoms with Gasteiger partial charge in [0.1, 0.15) is 10.0 Å². The number of ether oxygens (including phenoxy) is 1. The lowest BCUT2D eigenvalue weighted by molar-refractivity contribution is 0.140. The Morgan fingerprint density at radius 2 is 2.06 bits per heavy atom. The normalized spacial score (nSPS) is 11.9. The number of methoxy groups -OCH3 is 1. The molecule has 0 atom stereocenters. The van der Waals surface area contributed by atoms with Gasteiger partial charge in [-0.05, 0) is 6.07 Å². The van der Waals surface area contributed by atoms with E-state index >= 15 is 0 Å². The molecule has 0 bridgehead atoms. The van der Waals surface area contributed by atoms with E-state index in [2.05, 4.69) is 9.72 Å². The SMILES string of the molecule is COc1c(S(=O)(=O)Cl)cc(Cl)nc1C(F)F. The van der Waals surface area contributed by atoms with Crippen LogP contribution < -0.4 is 4.74 Å². The van der Waals surface area contributed by atoms with Gasteiger partial charge in [0, 0.05) is 10.7 Å². The number of nitrogens with zero attached hydrogens (tertiary/aromatic N) is 1. The van der Waals surface area contributed by atoms with Crippen LogP contribution in [0.1, 0.15) is 12.1 Å². The lowest BCUT2D eigenvalue weighted by atomic mass is 10.3. The van der Waals surface area contributed by atoms with Gasteiger partial charge < -0.3 is 4.74 Å². The van der Waals surface area contributed by atoms with Gasteiger partial charge in [0.05, 0.1) is 7.11 Å². The Bertz CT molecular complexity index is 507. The second-order valence-electron chi connectivity index (χ2n) is 2.60. The van der Waals surface area contributed by atoms with Crippen LogP contribution in [-0.2, 0) is 9.05 Å². The topological polar surface area (TPSA) is 56.3 Å². The summed E-state index contributed by atoms with van der Waals surface area (Å²) in [5.41, 5.74) is -0.866. The average molecular weight is 292 g/mol. The molecule has 0 aromatic carbocycles. The summed E-state index contributed by atoms with van der Waals surface area (Å²) < 4.78 is 51.8. The van der Waals surface area contributed by atoms with Gasteiger partial charge in [-0.1, -0.05) is 11.6 Å². The zero-order valence-corrected chi connectivity index (χ0v) is 10.1. The van der Waals surface area contributed by atoms with Gasteiger partial charge in [0.2, 0.25) is 0 Å². The van der Waals surface area contributed by atoms with E-state index < -0.39 is 37.0 Å². The number of halogens is 4. The second-order valence-corrected chi connectivity index (χ2v) is 5.52. The third-order valence-corrected chi connectivity index (χ3v) is 3.13. The summed E-state index contributed by atoms with van der Waals surface area (Å²) in [6.45, 7) is 0. The van der Waals surface area contributed by atoms with E-state index in [4.69, 9.17) is 22.3 Å². The molecule has 0 saturated heterocycles. The Morgan fingerprint density at radius 3 is 2.44 bits per heavy atom. The zero-order valence-electron chi connectivity index (χ0n) is 7.75. The van der Waals surface area contributed by atoms with Crippen molar-refractivity contribution < 1.29 is 21.9 Å². The largest absolute Gasteiger partial charge is 0.493 e. The minimum absolute atomic E-state index is 0.407. The Hall–Kier alpha value is -0.660. The van der Waals surface area contributed by atoms with Crippen molar-refractivity contribution in [1.82, 2.24) is 4.98 Å². The highest BCUT2D eigenvalue weighted by Gasteiger charge is 2.26. The van der Waals surface area contributed by atoms with E-state index in [1.165, 1.54) is 0 Å². The Balaban J connectivity index is 3.62. The summed E-state index contributed by atoms with van der Waals surface area (Å²) in [4.78, 5) is 2.65. The number of hydrogen-bond acceptors (Lipinski definition) is 4. The summed E-state index contributed by atoms with van der Waals surface area (Å²) in [7, 11) is 1.85. The highest BCUT2D eigenvalue weighted by molar-refractivity contribution is 8.13. The maximum Gasteiger partial charge on any atom is 0.284 e. The van der Waals surface area contributed by atoms with Gasteiger partial charge in [-0.2, -0.15) is 0 Å². The van der Waals surface area contributed by atoms with Gasteiger partial charge in [0.25, 0.3) is 15.5 Å². The van der Waals surface area contributed by atoms with Gasteiger partial charge in [0.15, 0.2) is 11.4 Å². The van der Waals surface area contributed by atoms with E-state index in [0.29, 0.717) is 0 Å². The van der Waals surface area contributed by atoms with Crippen LogP contribution in [0, 0.1) is 0 Å². The summed E-state index contributed by atoms with van der Waals surface area (Å²) in [6, 6.07) is 0.842. The molecular weight excluding hydrogens is 287 g/mol. The summed E-state index contributed by atoms with van der Waals surface area (Å²) >= 11 is 5.41. The highest BCUT2D eigenvalue weighted by atomic mass is 35.7. The summed E-state index contributed by atoms with van der Waals surface area (Å²) in [5, 5.41) is -0.407. The molecule has 1 aromatic rings. The third-order valence-electron chi connectivity index (χ3n) is 1.61. The molecule has 90 valence electrons. The molecule has 0 aliphatic rings. The predicted octanol–water partition coefficient (Wildman–Crippen LogP) is 2.61. The lowest BCUT2D eigenvalue weighted by Crippen LogP contribution is -2.03. The standard InChI is InChI=1S/C7H5Cl2F2NO3S/c1-15-6-3(16(9,13)14)2-4(8)12-5(6)7(10)11/h2,7H,1H3. The van der Waals surface area contributed by atoms with Crippen LogP contribution in [0.15, 0.2) is 11.0 Å². The fourth-order valence-corrected chi connectivity index (χ4v) is 2.30. The first-order valence-electron chi connectivity index (χ1n) is 3.74. The molecule has 9 heteroatoms. The molecule has 1 aromatic heterocycles. The second kappa shape index (κ2) is 4.68. The lowest BCUT2D eigenvalue weighted by Gasteiger charge is -2.10. The monoisotopic (exact) mass is 291 g/mol. The van der Waals surface area contributed by atoms with Crippen molar-refractivity contribution in [2.75, 3.05) is 7.11 Å². The van der Waals surface area contributed by atoms with Crippen molar-refractivity contribution in [2.24, 2.45) is 0 Å². The Kier molecular flexibility index (Phi) is 3.92. The van der Waals surface area contributed by atoms with Crippen LogP contribution in [0.5, 0.6) is 5.75 Å². The van der Waals surface area contributed by atoms with Crippen molar-refractivity contribution in [1.29, 1.82) is 0 Å². The maximum absolute atomic E-state index is 12.5. The number of aromatic nitrogens is 1. The van der Waals surface area contributed by atoms with E-state index in [0.717, 1.165) is 13.2 Å². The molecule has 0 aliphatic carbocycles. The molecule has 4 nitrogen and oxygen atoms in total. The van der Waals surface area contributed by atoms with Gasteiger partial charge in [-0.25, -0.2) is 22.2 Å². The van der Waals surface area contributed by atoms with Crippen LogP contribution in [0.2, 0.25) is 5.15 Å². The van der Waals surface area contributed by atoms with Gasteiger partial charge >= 0.3 is 0 Å². The van der Waals surface area contributed by atoms with Crippen molar-refractivity contribution in [3.8, 4) is 5.75 Å². The minimum atomic E-state index is -4.23. The van der Waals surface area contributed by atoms with Crippen LogP contribution >= 0.6 is 22.3 Å². The molecule has 0 fully saturated rings. The first-order chi connectivity index (χ1) is 7.27. The van der Waals surface area contributed by atoms with E-state index in [-0.39, 0.29) is 0 Å². The molecule has 1 heterocycles. The Morgan fingerprint density at radius 1 is 1.50 bits per heavy atom. The number of rotatable bonds is 3. The highest BCUT2D eigenvalue weighted by Crippen LogP contribution is 2.36. The fraction of sp³-hybridized carbons (Fsp3) is 0.286. The summed E-state index contributed by atoms with van der Waals surface area (Å²) in [5.74, 6) is -0.602. The van der Waals surface area contributed by atoms with Crippen LogP contribution in [-0.4, -0.2) is 20.5 Å². The number of pyridine rings is 1. The molecule has 0 unspecified atom stereocenters. The Labute approximate surface area is 99.6 Å². The van der Waals surface area contributed by atoms with Crippen LogP contribution in [0.3, 0.4) is 0 Å². The first-order valence-corrected chi connectivity index (χ1v) is 6.43. The fourth-order valence-electron chi connectivity index (χ4n) is 1.03. The molecule has 0 radical (unpaired) electrons. The van der Waals surface area contributed by atoms with Gasteiger partial charge in [-0.3, -0.25) is 0 Å². The van der Waals surface area contributed by atoms with Crippen molar-refractivity contribution in [3.05, 3.63) is 16.9 Å². The molecule has 0 aliphatic heterocycles. The van der Waals surface area contributed by atoms with Crippen LogP contribution in [0.25, 0.3) is 0 Å². The number of hydrogen-bond donors (Lipinski definition) is 0. The quantitative estimate of drug-likeness (QED) is 0.634. The van der Waals surface area contributed by atoms with Crippen molar-refractivity contribution in [2.45, 2.75) is 11.3 Å². The van der Waals surface area contributed by atoms with E-state index in [1.54, 1.807) is 0 Å².